The Hall–Kier alpha value is -0.830. The van der Waals surface area contributed by atoms with Crippen molar-refractivity contribution in [3.63, 3.8) is 0 Å². The van der Waals surface area contributed by atoms with Crippen LogP contribution in [0.1, 0.15) is 90.0 Å². The average molecular weight is 291 g/mol. The Morgan fingerprint density at radius 3 is 2.67 bits per heavy atom. The van der Waals surface area contributed by atoms with Crippen molar-refractivity contribution in [2.45, 2.75) is 91.1 Å². The van der Waals surface area contributed by atoms with Gasteiger partial charge in [0.2, 0.25) is 0 Å². The summed E-state index contributed by atoms with van der Waals surface area (Å²) in [5.74, 6) is 1.28. The van der Waals surface area contributed by atoms with E-state index in [2.05, 4.69) is 44.5 Å². The lowest BCUT2D eigenvalue weighted by atomic mass is 9.95. The molecule has 2 heterocycles. The van der Waals surface area contributed by atoms with Gasteiger partial charge in [-0.15, -0.1) is 0 Å². The molecule has 1 aliphatic heterocycles. The topological polar surface area (TPSA) is 29.9 Å². The number of aromatic nitrogens is 2. The van der Waals surface area contributed by atoms with E-state index < -0.39 is 0 Å². The van der Waals surface area contributed by atoms with Crippen LogP contribution in [-0.2, 0) is 18.4 Å². The Balaban J connectivity index is 2.21. The number of fused-ring (bicyclic) bond motifs is 1. The van der Waals surface area contributed by atoms with Gasteiger partial charge in [0, 0.05) is 36.7 Å². The zero-order valence-corrected chi connectivity index (χ0v) is 14.6. The second-order valence-electron chi connectivity index (χ2n) is 7.57. The highest BCUT2D eigenvalue weighted by Crippen LogP contribution is 2.31. The van der Waals surface area contributed by atoms with Crippen LogP contribution in [0, 0.1) is 0 Å². The maximum Gasteiger partial charge on any atom is 0.114 e. The lowest BCUT2D eigenvalue weighted by Crippen LogP contribution is -2.26. The van der Waals surface area contributed by atoms with E-state index in [0.717, 1.165) is 19.5 Å². The third-order valence-corrected chi connectivity index (χ3v) is 4.51. The van der Waals surface area contributed by atoms with Gasteiger partial charge >= 0.3 is 0 Å². The molecule has 1 aromatic heterocycles. The maximum absolute atomic E-state index is 4.99. The van der Waals surface area contributed by atoms with Gasteiger partial charge in [-0.05, 0) is 13.3 Å². The summed E-state index contributed by atoms with van der Waals surface area (Å²) in [4.78, 5) is 4.99. The van der Waals surface area contributed by atoms with Crippen LogP contribution in [0.15, 0.2) is 0 Å². The van der Waals surface area contributed by atoms with E-state index in [9.17, 15) is 0 Å². The van der Waals surface area contributed by atoms with Crippen molar-refractivity contribution in [2.75, 3.05) is 6.54 Å². The summed E-state index contributed by atoms with van der Waals surface area (Å²) in [5, 5.41) is 3.46. The van der Waals surface area contributed by atoms with Crippen molar-refractivity contribution in [3.8, 4) is 0 Å². The largest absolute Gasteiger partial charge is 0.328 e. The Kier molecular flexibility index (Phi) is 5.48. The first kappa shape index (κ1) is 16.5. The molecule has 0 aromatic carbocycles. The van der Waals surface area contributed by atoms with E-state index in [1.807, 2.05) is 0 Å². The number of unbranched alkanes of at least 4 members (excludes halogenated alkanes) is 3. The highest BCUT2D eigenvalue weighted by atomic mass is 15.1. The minimum atomic E-state index is 0.120. The Labute approximate surface area is 130 Å². The molecule has 1 aromatic rings. The van der Waals surface area contributed by atoms with Crippen molar-refractivity contribution in [3.05, 3.63) is 17.2 Å². The molecule has 3 nitrogen and oxygen atoms in total. The first-order chi connectivity index (χ1) is 9.95. The van der Waals surface area contributed by atoms with Crippen LogP contribution in [0.4, 0.5) is 0 Å². The maximum atomic E-state index is 4.99. The molecule has 21 heavy (non-hydrogen) atoms. The highest BCUT2D eigenvalue weighted by Gasteiger charge is 2.28. The molecule has 0 bridgehead atoms. The first-order valence-corrected chi connectivity index (χ1v) is 8.76. The molecule has 0 spiro atoms. The molecule has 3 heteroatoms. The van der Waals surface area contributed by atoms with Gasteiger partial charge in [-0.3, -0.25) is 0 Å². The molecule has 0 radical (unpaired) electrons. The summed E-state index contributed by atoms with van der Waals surface area (Å²) in [7, 11) is 0. The van der Waals surface area contributed by atoms with Crippen LogP contribution in [0.5, 0.6) is 0 Å². The van der Waals surface area contributed by atoms with E-state index in [-0.39, 0.29) is 5.41 Å². The van der Waals surface area contributed by atoms with Crippen LogP contribution in [0.3, 0.4) is 0 Å². The summed E-state index contributed by atoms with van der Waals surface area (Å²) >= 11 is 0. The lowest BCUT2D eigenvalue weighted by molar-refractivity contribution is 0.407. The SMILES string of the molecule is CCCCCCC(C)n1c(C(C)(C)C)nc2c1CCNC2. The average Bonchev–Trinajstić information content (AvgIpc) is 2.83. The molecule has 2 rings (SSSR count). The monoisotopic (exact) mass is 291 g/mol. The molecule has 120 valence electrons. The van der Waals surface area contributed by atoms with Crippen LogP contribution in [0.25, 0.3) is 0 Å². The second-order valence-corrected chi connectivity index (χ2v) is 7.57. The van der Waals surface area contributed by atoms with Gasteiger partial charge in [0.25, 0.3) is 0 Å². The van der Waals surface area contributed by atoms with Crippen molar-refractivity contribution >= 4 is 0 Å². The predicted molar refractivity (Wildman–Crippen MR) is 89.8 cm³/mol. The second kappa shape index (κ2) is 6.95. The zero-order chi connectivity index (χ0) is 15.5. The van der Waals surface area contributed by atoms with E-state index >= 15 is 0 Å². The number of nitrogens with zero attached hydrogens (tertiary/aromatic N) is 2. The van der Waals surface area contributed by atoms with E-state index in [4.69, 9.17) is 4.98 Å². The van der Waals surface area contributed by atoms with Gasteiger partial charge in [-0.1, -0.05) is 53.4 Å². The van der Waals surface area contributed by atoms with Gasteiger partial charge in [-0.2, -0.15) is 0 Å². The number of rotatable bonds is 6. The van der Waals surface area contributed by atoms with Gasteiger partial charge in [0.1, 0.15) is 5.82 Å². The van der Waals surface area contributed by atoms with E-state index in [1.165, 1.54) is 49.3 Å². The Morgan fingerprint density at radius 2 is 2.00 bits per heavy atom. The van der Waals surface area contributed by atoms with Gasteiger partial charge in [-0.25, -0.2) is 4.98 Å². The van der Waals surface area contributed by atoms with E-state index in [1.54, 1.807) is 0 Å². The number of nitrogens with one attached hydrogen (secondary N) is 1. The standard InChI is InChI=1S/C18H33N3/c1-6-7-8-9-10-14(2)21-16-11-12-19-13-15(16)20-17(21)18(3,4)5/h14,19H,6-13H2,1-5H3. The third kappa shape index (κ3) is 3.88. The third-order valence-electron chi connectivity index (χ3n) is 4.51. The normalized spacial score (nSPS) is 16.8. The molecule has 0 saturated carbocycles. The number of hydrogen-bond acceptors (Lipinski definition) is 2. The molecule has 1 atom stereocenters. The highest BCUT2D eigenvalue weighted by molar-refractivity contribution is 5.24. The van der Waals surface area contributed by atoms with Gasteiger partial charge < -0.3 is 9.88 Å². The van der Waals surface area contributed by atoms with Crippen LogP contribution in [0.2, 0.25) is 0 Å². The van der Waals surface area contributed by atoms with Crippen molar-refractivity contribution in [2.24, 2.45) is 0 Å². The molecule has 1 aliphatic rings. The van der Waals surface area contributed by atoms with E-state index in [0.29, 0.717) is 6.04 Å². The minimum Gasteiger partial charge on any atom is -0.328 e. The van der Waals surface area contributed by atoms with Crippen molar-refractivity contribution < 1.29 is 0 Å². The Bertz CT molecular complexity index is 454. The molecular weight excluding hydrogens is 258 g/mol. The van der Waals surface area contributed by atoms with Gasteiger partial charge in [0.15, 0.2) is 0 Å². The first-order valence-electron chi connectivity index (χ1n) is 8.76. The predicted octanol–water partition coefficient (Wildman–Crippen LogP) is 4.36. The van der Waals surface area contributed by atoms with Crippen LogP contribution in [-0.4, -0.2) is 16.1 Å². The molecule has 0 saturated heterocycles. The van der Waals surface area contributed by atoms with Crippen LogP contribution >= 0.6 is 0 Å². The fraction of sp³-hybridized carbons (Fsp3) is 0.833. The number of hydrogen-bond donors (Lipinski definition) is 1. The fourth-order valence-corrected chi connectivity index (χ4v) is 3.33. The minimum absolute atomic E-state index is 0.120. The van der Waals surface area contributed by atoms with Gasteiger partial charge in [0.05, 0.1) is 5.69 Å². The lowest BCUT2D eigenvalue weighted by Gasteiger charge is -2.26. The van der Waals surface area contributed by atoms with Crippen molar-refractivity contribution in [1.82, 2.24) is 14.9 Å². The summed E-state index contributed by atoms with van der Waals surface area (Å²) < 4.78 is 2.57. The summed E-state index contributed by atoms with van der Waals surface area (Å²) in [6.07, 6.45) is 7.78. The molecule has 0 fully saturated rings. The Morgan fingerprint density at radius 1 is 1.24 bits per heavy atom. The summed E-state index contributed by atoms with van der Waals surface area (Å²) in [5.41, 5.74) is 2.89. The molecule has 0 amide bonds. The molecule has 0 aliphatic carbocycles. The number of imidazole rings is 1. The summed E-state index contributed by atoms with van der Waals surface area (Å²) in [6, 6.07) is 0.574. The molecular formula is C18H33N3. The molecule has 1 N–H and O–H groups in total. The van der Waals surface area contributed by atoms with Crippen molar-refractivity contribution in [1.29, 1.82) is 0 Å². The quantitative estimate of drug-likeness (QED) is 0.789. The zero-order valence-electron chi connectivity index (χ0n) is 14.6. The molecule has 1 unspecified atom stereocenters. The fourth-order valence-electron chi connectivity index (χ4n) is 3.33. The summed E-state index contributed by atoms with van der Waals surface area (Å²) in [6.45, 7) is 13.5. The van der Waals surface area contributed by atoms with Crippen LogP contribution < -0.4 is 5.32 Å². The smallest absolute Gasteiger partial charge is 0.114 e.